The molecule has 2 rings (SSSR count). The van der Waals surface area contributed by atoms with E-state index in [-0.39, 0.29) is 11.7 Å². The van der Waals surface area contributed by atoms with E-state index in [1.54, 1.807) is 0 Å². The van der Waals surface area contributed by atoms with Crippen molar-refractivity contribution in [3.63, 3.8) is 0 Å². The third-order valence-electron chi connectivity index (χ3n) is 0.985. The van der Waals surface area contributed by atoms with Crippen LogP contribution < -0.4 is 0 Å². The molecule has 0 aliphatic heterocycles. The molecule has 0 N–H and O–H groups in total. The number of azide groups is 1. The van der Waals surface area contributed by atoms with Gasteiger partial charge in [0.2, 0.25) is 0 Å². The lowest BCUT2D eigenvalue weighted by Crippen LogP contribution is -1.98. The van der Waals surface area contributed by atoms with E-state index in [0.29, 0.717) is 0 Å². The zero-order valence-corrected chi connectivity index (χ0v) is 5.47. The van der Waals surface area contributed by atoms with Crippen LogP contribution in [0.5, 0.6) is 0 Å². The fraction of sp³-hybridized carbons (Fsp3) is 0. The Morgan fingerprint density at radius 1 is 1.33 bits per heavy atom. The van der Waals surface area contributed by atoms with E-state index in [2.05, 4.69) is 40.8 Å². The van der Waals surface area contributed by atoms with Gasteiger partial charge in [-0.05, 0) is 21.1 Å². The molecule has 0 atom stereocenters. The molecule has 58 valence electrons. The Balaban J connectivity index is 2.67. The fourth-order valence-corrected chi connectivity index (χ4v) is 0.577. The van der Waals surface area contributed by atoms with E-state index in [1.807, 2.05) is 0 Å². The molecule has 2 aromatic heterocycles. The van der Waals surface area contributed by atoms with Gasteiger partial charge in [-0.15, -0.1) is 15.3 Å². The van der Waals surface area contributed by atoms with Crippen molar-refractivity contribution in [2.24, 2.45) is 5.11 Å². The molecular formula is C2N10. The van der Waals surface area contributed by atoms with Gasteiger partial charge in [-0.25, -0.2) is 0 Å². The summed E-state index contributed by atoms with van der Waals surface area (Å²) < 4.78 is 1.01. The van der Waals surface area contributed by atoms with Crippen LogP contribution in [0.15, 0.2) is 5.11 Å². The van der Waals surface area contributed by atoms with Gasteiger partial charge in [-0.1, -0.05) is 9.73 Å². The van der Waals surface area contributed by atoms with Gasteiger partial charge in [0, 0.05) is 4.91 Å². The van der Waals surface area contributed by atoms with Crippen LogP contribution in [-0.4, -0.2) is 35.5 Å². The molecule has 0 radical (unpaired) electrons. The van der Waals surface area contributed by atoms with Crippen LogP contribution in [0.3, 0.4) is 0 Å². The number of tetrazole rings is 1. The van der Waals surface area contributed by atoms with Gasteiger partial charge < -0.3 is 0 Å². The molecule has 10 nitrogen and oxygen atoms in total. The third kappa shape index (κ3) is 0.876. The van der Waals surface area contributed by atoms with Crippen molar-refractivity contribution in [3.8, 4) is 0 Å². The van der Waals surface area contributed by atoms with Gasteiger partial charge in [0.25, 0.3) is 5.95 Å². The first-order valence-corrected chi connectivity index (χ1v) is 2.74. The minimum absolute atomic E-state index is 0.127. The summed E-state index contributed by atoms with van der Waals surface area (Å²) in [6.45, 7) is 0. The Morgan fingerprint density at radius 2 is 2.25 bits per heavy atom. The molecule has 0 bridgehead atoms. The molecule has 0 saturated carbocycles. The quantitative estimate of drug-likeness (QED) is 0.309. The van der Waals surface area contributed by atoms with Gasteiger partial charge in [0.1, 0.15) is 0 Å². The van der Waals surface area contributed by atoms with Gasteiger partial charge in [0.05, 0.1) is 0 Å². The fourth-order valence-electron chi connectivity index (χ4n) is 0.577. The number of fused-ring (bicyclic) bond motifs is 1. The summed E-state index contributed by atoms with van der Waals surface area (Å²) >= 11 is 0. The number of rotatable bonds is 1. The maximum atomic E-state index is 8.03. The van der Waals surface area contributed by atoms with E-state index in [0.717, 1.165) is 4.63 Å². The van der Waals surface area contributed by atoms with Crippen LogP contribution in [0.4, 0.5) is 5.95 Å². The first-order valence-electron chi connectivity index (χ1n) is 2.74. The second-order valence-corrected chi connectivity index (χ2v) is 1.66. The Morgan fingerprint density at radius 3 is 3.08 bits per heavy atom. The highest BCUT2D eigenvalue weighted by atomic mass is 15.6. The summed E-state index contributed by atoms with van der Waals surface area (Å²) in [5, 5.41) is 23.8. The molecule has 0 aliphatic rings. The van der Waals surface area contributed by atoms with Crippen molar-refractivity contribution in [1.82, 2.24) is 35.5 Å². The standard InChI is InChI=1S/C2N10/c3-9-5-1-4-6-2-7-10-11-12(2)8-1. The molecule has 0 unspecified atom stereocenters. The van der Waals surface area contributed by atoms with Crippen molar-refractivity contribution in [3.05, 3.63) is 10.4 Å². The Kier molecular flexibility index (Phi) is 1.25. The number of hydrogen-bond donors (Lipinski definition) is 0. The zero-order chi connectivity index (χ0) is 8.39. The molecule has 0 aromatic carbocycles. The molecule has 2 aromatic rings. The summed E-state index contributed by atoms with van der Waals surface area (Å²) in [5.74, 6) is 0.0178. The predicted molar refractivity (Wildman–Crippen MR) is 33.0 cm³/mol. The topological polar surface area (TPSA) is 131 Å². The van der Waals surface area contributed by atoms with Gasteiger partial charge in [-0.2, -0.15) is 0 Å². The molecule has 0 spiro atoms. The molecule has 10 heteroatoms. The normalized spacial score (nSPS) is 9.67. The van der Waals surface area contributed by atoms with Crippen LogP contribution in [0, 0.1) is 0 Å². The average Bonchev–Trinajstić information content (AvgIpc) is 2.51. The van der Waals surface area contributed by atoms with Crippen LogP contribution in [0.2, 0.25) is 0 Å². The number of nitrogens with zero attached hydrogens (tertiary/aromatic N) is 10. The Labute approximate surface area is 63.8 Å². The summed E-state index contributed by atoms with van der Waals surface area (Å²) in [5.41, 5.74) is 8.03. The highest BCUT2D eigenvalue weighted by molar-refractivity contribution is 5.20. The van der Waals surface area contributed by atoms with Crippen LogP contribution in [-0.2, 0) is 0 Å². The highest BCUT2D eigenvalue weighted by Crippen LogP contribution is 1.98. The zero-order valence-electron chi connectivity index (χ0n) is 5.47. The average molecular weight is 164 g/mol. The van der Waals surface area contributed by atoms with Crippen LogP contribution in [0.25, 0.3) is 16.2 Å². The summed E-state index contributed by atoms with van der Waals surface area (Å²) in [6.07, 6.45) is 0. The first-order chi connectivity index (χ1) is 5.90. The van der Waals surface area contributed by atoms with E-state index >= 15 is 0 Å². The lowest BCUT2D eigenvalue weighted by molar-refractivity contribution is 0.706. The Hall–Kier alpha value is -2.35. The van der Waals surface area contributed by atoms with Crippen molar-refractivity contribution < 1.29 is 0 Å². The second-order valence-electron chi connectivity index (χ2n) is 1.66. The molecule has 12 heavy (non-hydrogen) atoms. The SMILES string of the molecule is [N-]=[N+]=Nc1nnc2nnnn2n1. The first kappa shape index (κ1) is 6.37. The van der Waals surface area contributed by atoms with E-state index in [9.17, 15) is 0 Å². The Bertz CT molecular complexity index is 448. The minimum Gasteiger partial charge on any atom is -0.122 e. The highest BCUT2D eigenvalue weighted by Gasteiger charge is 2.00. The second kappa shape index (κ2) is 2.36. The molecule has 0 saturated heterocycles. The van der Waals surface area contributed by atoms with E-state index < -0.39 is 0 Å². The van der Waals surface area contributed by atoms with E-state index in [1.165, 1.54) is 0 Å². The minimum atomic E-state index is -0.127. The molecular weight excluding hydrogens is 164 g/mol. The van der Waals surface area contributed by atoms with Crippen LogP contribution >= 0.6 is 0 Å². The molecule has 0 fully saturated rings. The summed E-state index contributed by atoms with van der Waals surface area (Å²) in [4.78, 5) is 2.48. The van der Waals surface area contributed by atoms with E-state index in [4.69, 9.17) is 5.53 Å². The molecule has 2 heterocycles. The third-order valence-corrected chi connectivity index (χ3v) is 0.985. The lowest BCUT2D eigenvalue weighted by atomic mass is 11.1. The van der Waals surface area contributed by atoms with Crippen molar-refractivity contribution in [2.75, 3.05) is 0 Å². The molecule has 0 aliphatic carbocycles. The lowest BCUT2D eigenvalue weighted by Gasteiger charge is -1.86. The largest absolute Gasteiger partial charge is 0.309 e. The van der Waals surface area contributed by atoms with Gasteiger partial charge in [-0.3, -0.25) is 0 Å². The van der Waals surface area contributed by atoms with Gasteiger partial charge >= 0.3 is 5.78 Å². The van der Waals surface area contributed by atoms with Crippen LogP contribution in [0.1, 0.15) is 0 Å². The van der Waals surface area contributed by atoms with Gasteiger partial charge in [0.15, 0.2) is 0 Å². The smallest absolute Gasteiger partial charge is 0.122 e. The number of hydrogen-bond acceptors (Lipinski definition) is 7. The predicted octanol–water partition coefficient (Wildman–Crippen LogP) is -0.749. The van der Waals surface area contributed by atoms with Crippen molar-refractivity contribution in [2.45, 2.75) is 0 Å². The maximum absolute atomic E-state index is 8.03. The summed E-state index contributed by atoms with van der Waals surface area (Å²) in [7, 11) is 0. The number of aromatic nitrogens is 7. The molecule has 0 amide bonds. The monoisotopic (exact) mass is 164 g/mol. The van der Waals surface area contributed by atoms with Crippen molar-refractivity contribution in [1.29, 1.82) is 0 Å². The maximum Gasteiger partial charge on any atom is 0.309 e. The van der Waals surface area contributed by atoms with Crippen molar-refractivity contribution >= 4 is 11.7 Å². The summed E-state index contributed by atoms with van der Waals surface area (Å²) in [6, 6.07) is 0.